The number of nitrogens with zero attached hydrogens (tertiary/aromatic N) is 3. The van der Waals surface area contributed by atoms with Gasteiger partial charge in [-0.15, -0.1) is 11.8 Å². The fourth-order valence-electron chi connectivity index (χ4n) is 7.16. The highest BCUT2D eigenvalue weighted by atomic mass is 32.2. The molecule has 28 heteroatoms. The van der Waals surface area contributed by atoms with E-state index in [9.17, 15) is 71.2 Å². The van der Waals surface area contributed by atoms with Gasteiger partial charge in [0.2, 0.25) is 29.5 Å². The molecule has 0 aliphatic heterocycles. The molecule has 13 N–H and O–H groups in total. The summed E-state index contributed by atoms with van der Waals surface area (Å²) in [5, 5.41) is 48.3. The van der Waals surface area contributed by atoms with Crippen LogP contribution in [0.4, 0.5) is 22.0 Å². The predicted octanol–water partition coefficient (Wildman–Crippen LogP) is 1.51. The van der Waals surface area contributed by atoms with Gasteiger partial charge < -0.3 is 67.7 Å². The summed E-state index contributed by atoms with van der Waals surface area (Å²) in [4.78, 5) is 111. The quantitative estimate of drug-likeness (QED) is 0.0484. The zero-order chi connectivity index (χ0) is 56.2. The maximum atomic E-state index is 15.1. The number of nitrogens with one attached hydrogen (secondary N) is 2. The summed E-state index contributed by atoms with van der Waals surface area (Å²) in [6.07, 6.45) is -5.46. The van der Waals surface area contributed by atoms with Gasteiger partial charge in [-0.1, -0.05) is 51.1 Å². The molecule has 3 aromatic rings. The highest BCUT2D eigenvalue weighted by Gasteiger charge is 2.39. The highest BCUT2D eigenvalue weighted by molar-refractivity contribution is 8.00. The van der Waals surface area contributed by atoms with Gasteiger partial charge in [0.05, 0.1) is 30.3 Å². The van der Waals surface area contributed by atoms with Crippen LogP contribution < -0.4 is 27.8 Å². The van der Waals surface area contributed by atoms with Crippen molar-refractivity contribution in [2.75, 3.05) is 38.5 Å². The van der Waals surface area contributed by atoms with Gasteiger partial charge in [0.1, 0.15) is 30.3 Å². The molecule has 1 aromatic heterocycles. The molecule has 408 valence electrons. The average molecular weight is 1080 g/mol. The molecule has 0 aliphatic carbocycles. The predicted molar refractivity (Wildman–Crippen MR) is 254 cm³/mol. The molecule has 0 bridgehead atoms. The minimum Gasteiger partial charge on any atom is -0.481 e. The third kappa shape index (κ3) is 20.4. The molecular formula is C46H59F5N8O14S. The first-order chi connectivity index (χ1) is 34.4. The maximum absolute atomic E-state index is 15.1. The normalized spacial score (nSPS) is 13.4. The van der Waals surface area contributed by atoms with E-state index in [0.717, 1.165) is 28.7 Å². The van der Waals surface area contributed by atoms with E-state index in [4.69, 9.17) is 32.2 Å². The lowest BCUT2D eigenvalue weighted by atomic mass is 9.82. The lowest BCUT2D eigenvalue weighted by molar-refractivity contribution is -0.192. The number of carbonyl (C=O) groups excluding carboxylic acids is 5. The van der Waals surface area contributed by atoms with E-state index < -0.39 is 145 Å². The van der Waals surface area contributed by atoms with Crippen LogP contribution in [0.3, 0.4) is 0 Å². The third-order valence-electron chi connectivity index (χ3n) is 10.7. The molecule has 5 atom stereocenters. The smallest absolute Gasteiger partial charge is 0.481 e. The van der Waals surface area contributed by atoms with Crippen LogP contribution in [0.15, 0.2) is 60.8 Å². The van der Waals surface area contributed by atoms with Crippen molar-refractivity contribution in [3.05, 3.63) is 83.7 Å². The Morgan fingerprint density at radius 3 is 1.93 bits per heavy atom. The molecule has 0 saturated heterocycles. The first kappa shape index (κ1) is 62.9. The van der Waals surface area contributed by atoms with E-state index >= 15 is 4.39 Å². The number of carboxylic acid groups (broad SMARTS) is 4. The number of halogens is 5. The molecule has 0 saturated carbocycles. The lowest BCUT2D eigenvalue weighted by Gasteiger charge is -2.41. The summed E-state index contributed by atoms with van der Waals surface area (Å²) in [6.45, 7) is 2.96. The number of amides is 5. The SMILES string of the molecule is CC(C)(C)[C@H](c1cc(-c2cc(F)ccc2F)cn1Cc1ccccc1)N(CC[C@H](N)C(=O)NCCN(C(=O)CNC(=O)C(CC(=O)O)SC[C@H](N)C(=O)O)[C@H](CCC(=O)O)C(N)=O)C(=O)CO.O=C(O)C(F)(F)F. The second kappa shape index (κ2) is 28.9. The Labute approximate surface area is 424 Å². The third-order valence-corrected chi connectivity index (χ3v) is 12.0. The Morgan fingerprint density at radius 2 is 1.41 bits per heavy atom. The monoisotopic (exact) mass is 1070 g/mol. The van der Waals surface area contributed by atoms with Gasteiger partial charge in [-0.05, 0) is 48.1 Å². The molecule has 2 aromatic carbocycles. The topological polar surface area (TPSA) is 368 Å². The van der Waals surface area contributed by atoms with Gasteiger partial charge in [-0.2, -0.15) is 13.2 Å². The summed E-state index contributed by atoms with van der Waals surface area (Å²) >= 11 is 0.627. The molecule has 3 rings (SSSR count). The number of aromatic nitrogens is 1. The van der Waals surface area contributed by atoms with Crippen LogP contribution in [0, 0.1) is 17.0 Å². The van der Waals surface area contributed by atoms with Crippen LogP contribution in [0.25, 0.3) is 11.1 Å². The van der Waals surface area contributed by atoms with Gasteiger partial charge >= 0.3 is 30.1 Å². The largest absolute Gasteiger partial charge is 0.490 e. The molecule has 0 aliphatic rings. The van der Waals surface area contributed by atoms with Crippen molar-refractivity contribution in [1.82, 2.24) is 25.0 Å². The molecular weight excluding hydrogens is 1020 g/mol. The van der Waals surface area contributed by atoms with Crippen molar-refractivity contribution in [2.45, 2.75) is 88.6 Å². The van der Waals surface area contributed by atoms with E-state index in [1.165, 1.54) is 4.90 Å². The van der Waals surface area contributed by atoms with Gasteiger partial charge in [0.15, 0.2) is 0 Å². The van der Waals surface area contributed by atoms with Crippen molar-refractivity contribution in [3.8, 4) is 11.1 Å². The first-order valence-corrected chi connectivity index (χ1v) is 23.3. The van der Waals surface area contributed by atoms with Crippen LogP contribution in [0.1, 0.15) is 63.8 Å². The fourth-order valence-corrected chi connectivity index (χ4v) is 8.24. The van der Waals surface area contributed by atoms with Crippen molar-refractivity contribution < 1.29 is 90.6 Å². The van der Waals surface area contributed by atoms with Crippen LogP contribution in [0.2, 0.25) is 0 Å². The minimum atomic E-state index is -5.08. The molecule has 0 spiro atoms. The van der Waals surface area contributed by atoms with E-state index in [0.29, 0.717) is 23.0 Å². The second-order valence-electron chi connectivity index (χ2n) is 17.4. The van der Waals surface area contributed by atoms with Gasteiger partial charge in [0, 0.05) is 61.4 Å². The van der Waals surface area contributed by atoms with E-state index in [1.807, 2.05) is 51.1 Å². The number of nitrogens with two attached hydrogens (primary N) is 3. The Kier molecular flexibility index (Phi) is 24.6. The number of aliphatic hydroxyl groups excluding tert-OH is 1. The molecule has 1 unspecified atom stereocenters. The number of carbonyl (C=O) groups is 9. The van der Waals surface area contributed by atoms with Crippen molar-refractivity contribution in [2.24, 2.45) is 22.6 Å². The molecule has 0 fully saturated rings. The average Bonchev–Trinajstić information content (AvgIpc) is 3.71. The summed E-state index contributed by atoms with van der Waals surface area (Å²) in [5.74, 6) is -13.2. The Hall–Kier alpha value is -7.17. The van der Waals surface area contributed by atoms with Crippen LogP contribution >= 0.6 is 11.8 Å². The summed E-state index contributed by atoms with van der Waals surface area (Å²) in [6, 6.07) is 8.81. The number of primary amides is 1. The van der Waals surface area contributed by atoms with Crippen LogP contribution in [0.5, 0.6) is 0 Å². The summed E-state index contributed by atoms with van der Waals surface area (Å²) in [5.41, 5.74) is 18.2. The summed E-state index contributed by atoms with van der Waals surface area (Å²) < 4.78 is 63.1. The second-order valence-corrected chi connectivity index (χ2v) is 18.7. The Morgan fingerprint density at radius 1 is 0.784 bits per heavy atom. The van der Waals surface area contributed by atoms with Crippen molar-refractivity contribution in [1.29, 1.82) is 0 Å². The zero-order valence-electron chi connectivity index (χ0n) is 40.2. The number of rotatable bonds is 27. The minimum absolute atomic E-state index is 0.0208. The highest BCUT2D eigenvalue weighted by Crippen LogP contribution is 2.41. The van der Waals surface area contributed by atoms with Crippen molar-refractivity contribution >= 4 is 65.2 Å². The molecule has 5 amide bonds. The zero-order valence-corrected chi connectivity index (χ0v) is 41.0. The first-order valence-electron chi connectivity index (χ1n) is 22.2. The molecule has 74 heavy (non-hydrogen) atoms. The Balaban J connectivity index is 0.00000249. The number of carboxylic acids is 4. The van der Waals surface area contributed by atoms with Gasteiger partial charge in [-0.3, -0.25) is 38.4 Å². The van der Waals surface area contributed by atoms with E-state index in [-0.39, 0.29) is 37.4 Å². The maximum Gasteiger partial charge on any atom is 0.490 e. The number of thioether (sulfide) groups is 1. The van der Waals surface area contributed by atoms with Crippen LogP contribution in [-0.4, -0.2) is 161 Å². The standard InChI is InChI=1S/C44H58F2N8O12S.C2HF3O2/c1-44(2,3)39(33-17-26(28-18-27(45)9-10-29(28)46)22-52(33)21-25-7-5-4-6-8-25)54(36(57)23-55)15-13-30(47)41(63)50-14-16-53(32(40(49)62)11-12-37(58)59)35(56)20-51-42(64)34(19-38(60)61)67-24-31(48)43(65)66;3-2(4,5)1(6)7/h4-10,17-18,22,30-32,34,39,55H,11-16,19-21,23-24,47-48H2,1-3H3,(H2,49,62)(H,50,63)(H,51,64)(H,58,59)(H,60,61)(H,65,66);(H,6,7)/t30-,31-,32+,34?,39-;/m0./s1. The van der Waals surface area contributed by atoms with Crippen LogP contribution in [-0.2, 0) is 49.7 Å². The van der Waals surface area contributed by atoms with E-state index in [2.05, 4.69) is 10.6 Å². The fraction of sp³-hybridized carbons (Fsp3) is 0.457. The number of aliphatic carboxylic acids is 4. The lowest BCUT2D eigenvalue weighted by Crippen LogP contribution is -2.54. The number of hydrogen-bond acceptors (Lipinski definition) is 13. The number of benzene rings is 2. The number of aliphatic hydroxyl groups is 1. The molecule has 0 radical (unpaired) electrons. The van der Waals surface area contributed by atoms with Crippen molar-refractivity contribution in [3.63, 3.8) is 0 Å². The summed E-state index contributed by atoms with van der Waals surface area (Å²) in [7, 11) is 0. The number of alkyl halides is 3. The molecule has 1 heterocycles. The van der Waals surface area contributed by atoms with E-state index in [1.54, 1.807) is 16.8 Å². The number of hydrogen-bond donors (Lipinski definition) is 10. The van der Waals surface area contributed by atoms with Gasteiger partial charge in [0.25, 0.3) is 0 Å². The Bertz CT molecular complexity index is 2460. The molecule has 22 nitrogen and oxygen atoms in total. The van der Waals surface area contributed by atoms with Gasteiger partial charge in [-0.25, -0.2) is 13.6 Å².